The number of carbonyl (C=O) groups is 1. The Morgan fingerprint density at radius 1 is 1.50 bits per heavy atom. The monoisotopic (exact) mass is 345 g/mol. The van der Waals surface area contributed by atoms with Crippen LogP contribution in [0.1, 0.15) is 39.7 Å². The quantitative estimate of drug-likeness (QED) is 0.798. The van der Waals surface area contributed by atoms with Gasteiger partial charge in [0.25, 0.3) is 0 Å². The minimum absolute atomic E-state index is 0.126. The van der Waals surface area contributed by atoms with Crippen LogP contribution in [0.25, 0.3) is 0 Å². The second kappa shape index (κ2) is 7.18. The summed E-state index contributed by atoms with van der Waals surface area (Å²) in [6, 6.07) is 4.42. The van der Waals surface area contributed by atoms with Crippen molar-refractivity contribution in [3.63, 3.8) is 0 Å². The molecule has 0 bridgehead atoms. The van der Waals surface area contributed by atoms with E-state index in [1.54, 1.807) is 19.9 Å². The standard InChI is InChI=1S/C15H21BrFNO2/c1-5-10(3)18-15(4,14(19)20-6-2)12-8-7-11(17)9-13(12)16/h7-10,18H,5-6H2,1-4H3. The van der Waals surface area contributed by atoms with Gasteiger partial charge >= 0.3 is 5.97 Å². The van der Waals surface area contributed by atoms with Crippen molar-refractivity contribution < 1.29 is 13.9 Å². The number of nitrogens with one attached hydrogen (secondary N) is 1. The predicted molar refractivity (Wildman–Crippen MR) is 81.0 cm³/mol. The van der Waals surface area contributed by atoms with Gasteiger partial charge in [0.05, 0.1) is 6.61 Å². The highest BCUT2D eigenvalue weighted by atomic mass is 79.9. The molecular weight excluding hydrogens is 325 g/mol. The van der Waals surface area contributed by atoms with Crippen LogP contribution in [0.15, 0.2) is 22.7 Å². The lowest BCUT2D eigenvalue weighted by molar-refractivity contribution is -0.151. The van der Waals surface area contributed by atoms with Gasteiger partial charge in [0.2, 0.25) is 0 Å². The fourth-order valence-electron chi connectivity index (χ4n) is 2.01. The van der Waals surface area contributed by atoms with Crippen molar-refractivity contribution in [2.24, 2.45) is 0 Å². The summed E-state index contributed by atoms with van der Waals surface area (Å²) >= 11 is 3.33. The molecule has 0 radical (unpaired) electrons. The van der Waals surface area contributed by atoms with Crippen LogP contribution in [-0.2, 0) is 15.1 Å². The summed E-state index contributed by atoms with van der Waals surface area (Å²) in [4.78, 5) is 12.4. The summed E-state index contributed by atoms with van der Waals surface area (Å²) in [6.45, 7) is 7.85. The molecule has 1 N–H and O–H groups in total. The molecule has 0 aliphatic rings. The van der Waals surface area contributed by atoms with Crippen LogP contribution in [0, 0.1) is 5.82 Å². The molecule has 0 aliphatic heterocycles. The number of benzene rings is 1. The number of halogens is 2. The molecular formula is C15H21BrFNO2. The lowest BCUT2D eigenvalue weighted by atomic mass is 9.90. The van der Waals surface area contributed by atoms with Crippen molar-refractivity contribution in [1.29, 1.82) is 0 Å². The maximum absolute atomic E-state index is 13.2. The Hall–Kier alpha value is -0.940. The van der Waals surface area contributed by atoms with Crippen LogP contribution in [0.3, 0.4) is 0 Å². The van der Waals surface area contributed by atoms with Crippen molar-refractivity contribution in [3.05, 3.63) is 34.1 Å². The lowest BCUT2D eigenvalue weighted by Crippen LogP contribution is -2.51. The van der Waals surface area contributed by atoms with Crippen molar-refractivity contribution in [2.75, 3.05) is 6.61 Å². The maximum atomic E-state index is 13.2. The average Bonchev–Trinajstić information content (AvgIpc) is 2.38. The number of rotatable bonds is 6. The third-order valence-corrected chi connectivity index (χ3v) is 3.96. The SMILES string of the molecule is CCOC(=O)C(C)(NC(C)CC)c1ccc(F)cc1Br. The Morgan fingerprint density at radius 3 is 2.65 bits per heavy atom. The molecule has 0 aromatic heterocycles. The molecule has 0 amide bonds. The second-order valence-electron chi connectivity index (χ2n) is 4.92. The van der Waals surface area contributed by atoms with Gasteiger partial charge in [-0.05, 0) is 44.9 Å². The molecule has 0 aliphatic carbocycles. The average molecular weight is 346 g/mol. The summed E-state index contributed by atoms with van der Waals surface area (Å²) in [5, 5.41) is 3.28. The van der Waals surface area contributed by atoms with Gasteiger partial charge in [-0.2, -0.15) is 0 Å². The van der Waals surface area contributed by atoms with Gasteiger partial charge in [-0.1, -0.05) is 28.9 Å². The van der Waals surface area contributed by atoms with Crippen molar-refractivity contribution in [1.82, 2.24) is 5.32 Å². The molecule has 1 aromatic carbocycles. The number of esters is 1. The minimum Gasteiger partial charge on any atom is -0.464 e. The Kier molecular flexibility index (Phi) is 6.14. The molecule has 1 rings (SSSR count). The first-order valence-corrected chi connectivity index (χ1v) is 7.54. The molecule has 0 fully saturated rings. The zero-order chi connectivity index (χ0) is 15.3. The summed E-state index contributed by atoms with van der Waals surface area (Å²) in [5.74, 6) is -0.719. The Morgan fingerprint density at radius 2 is 2.15 bits per heavy atom. The maximum Gasteiger partial charge on any atom is 0.330 e. The van der Waals surface area contributed by atoms with Crippen LogP contribution in [0.2, 0.25) is 0 Å². The molecule has 2 atom stereocenters. The van der Waals surface area contributed by atoms with E-state index in [9.17, 15) is 9.18 Å². The van der Waals surface area contributed by atoms with Crippen molar-refractivity contribution in [3.8, 4) is 0 Å². The van der Waals surface area contributed by atoms with E-state index >= 15 is 0 Å². The zero-order valence-corrected chi connectivity index (χ0v) is 13.9. The molecule has 112 valence electrons. The third kappa shape index (κ3) is 3.79. The normalized spacial score (nSPS) is 15.5. The molecule has 20 heavy (non-hydrogen) atoms. The highest BCUT2D eigenvalue weighted by molar-refractivity contribution is 9.10. The predicted octanol–water partition coefficient (Wildman–Crippen LogP) is 3.75. The molecule has 0 saturated carbocycles. The van der Waals surface area contributed by atoms with Gasteiger partial charge in [0, 0.05) is 10.5 Å². The summed E-state index contributed by atoms with van der Waals surface area (Å²) in [7, 11) is 0. The Labute approximate surface area is 128 Å². The van der Waals surface area contributed by atoms with Crippen LogP contribution in [-0.4, -0.2) is 18.6 Å². The fourth-order valence-corrected chi connectivity index (χ4v) is 2.76. The first kappa shape index (κ1) is 17.1. The van der Waals surface area contributed by atoms with Gasteiger partial charge in [-0.15, -0.1) is 0 Å². The third-order valence-electron chi connectivity index (χ3n) is 3.30. The van der Waals surface area contributed by atoms with Gasteiger partial charge in [-0.25, -0.2) is 9.18 Å². The number of ether oxygens (including phenoxy) is 1. The van der Waals surface area contributed by atoms with E-state index in [0.29, 0.717) is 16.6 Å². The van der Waals surface area contributed by atoms with Gasteiger partial charge in [0.1, 0.15) is 11.4 Å². The van der Waals surface area contributed by atoms with E-state index in [2.05, 4.69) is 21.2 Å². The summed E-state index contributed by atoms with van der Waals surface area (Å²) in [6.07, 6.45) is 0.869. The first-order valence-electron chi connectivity index (χ1n) is 6.75. The summed E-state index contributed by atoms with van der Waals surface area (Å²) < 4.78 is 19.0. The summed E-state index contributed by atoms with van der Waals surface area (Å²) in [5.41, 5.74) is -0.351. The van der Waals surface area contributed by atoms with Crippen molar-refractivity contribution in [2.45, 2.75) is 45.7 Å². The van der Waals surface area contributed by atoms with Crippen LogP contribution >= 0.6 is 15.9 Å². The van der Waals surface area contributed by atoms with Gasteiger partial charge < -0.3 is 4.74 Å². The minimum atomic E-state index is -1.02. The van der Waals surface area contributed by atoms with E-state index in [-0.39, 0.29) is 17.8 Å². The lowest BCUT2D eigenvalue weighted by Gasteiger charge is -2.32. The molecule has 2 unspecified atom stereocenters. The van der Waals surface area contributed by atoms with E-state index in [1.165, 1.54) is 12.1 Å². The van der Waals surface area contributed by atoms with Gasteiger partial charge in [-0.3, -0.25) is 5.32 Å². The number of carbonyl (C=O) groups excluding carboxylic acids is 1. The Bertz CT molecular complexity index is 481. The smallest absolute Gasteiger partial charge is 0.330 e. The first-order chi connectivity index (χ1) is 9.35. The van der Waals surface area contributed by atoms with Crippen LogP contribution in [0.5, 0.6) is 0 Å². The highest BCUT2D eigenvalue weighted by Gasteiger charge is 2.39. The highest BCUT2D eigenvalue weighted by Crippen LogP contribution is 2.31. The molecule has 5 heteroatoms. The zero-order valence-electron chi connectivity index (χ0n) is 12.3. The largest absolute Gasteiger partial charge is 0.464 e. The molecule has 3 nitrogen and oxygen atoms in total. The van der Waals surface area contributed by atoms with E-state index in [4.69, 9.17) is 4.74 Å². The van der Waals surface area contributed by atoms with E-state index in [0.717, 1.165) is 6.42 Å². The van der Waals surface area contributed by atoms with E-state index < -0.39 is 5.54 Å². The second-order valence-corrected chi connectivity index (χ2v) is 5.78. The number of hydrogen-bond donors (Lipinski definition) is 1. The topological polar surface area (TPSA) is 38.3 Å². The fraction of sp³-hybridized carbons (Fsp3) is 0.533. The molecule has 1 aromatic rings. The molecule has 0 saturated heterocycles. The number of hydrogen-bond acceptors (Lipinski definition) is 3. The van der Waals surface area contributed by atoms with Gasteiger partial charge in [0.15, 0.2) is 0 Å². The van der Waals surface area contributed by atoms with Crippen molar-refractivity contribution >= 4 is 21.9 Å². The molecule has 0 heterocycles. The van der Waals surface area contributed by atoms with E-state index in [1.807, 2.05) is 13.8 Å². The molecule has 0 spiro atoms. The Balaban J connectivity index is 3.25. The van der Waals surface area contributed by atoms with Crippen LogP contribution in [0.4, 0.5) is 4.39 Å². The van der Waals surface area contributed by atoms with Crippen LogP contribution < -0.4 is 5.32 Å².